The minimum Gasteiger partial charge on any atom is -1.00 e. The minimum absolute atomic E-state index is 0. The van der Waals surface area contributed by atoms with E-state index < -0.39 is 17.2 Å². The smallest absolute Gasteiger partial charge is 1.00 e. The fourth-order valence-electron chi connectivity index (χ4n) is 3.52. The van der Waals surface area contributed by atoms with Gasteiger partial charge in [0, 0.05) is 44.7 Å². The summed E-state index contributed by atoms with van der Waals surface area (Å²) in [6.07, 6.45) is 1.39. The number of carboxylic acid groups (broad SMARTS) is 1. The molecule has 0 aliphatic carbocycles. The van der Waals surface area contributed by atoms with Gasteiger partial charge in [0.2, 0.25) is 5.43 Å². The van der Waals surface area contributed by atoms with Crippen molar-refractivity contribution in [1.82, 2.24) is 9.47 Å². The largest absolute Gasteiger partial charge is 1.00 e. The van der Waals surface area contributed by atoms with Crippen molar-refractivity contribution in [2.24, 2.45) is 0 Å². The highest BCUT2D eigenvalue weighted by molar-refractivity contribution is 7.99. The third-order valence-corrected chi connectivity index (χ3v) is 5.93. The van der Waals surface area contributed by atoms with E-state index in [1.807, 2.05) is 11.9 Å². The zero-order valence-electron chi connectivity index (χ0n) is 15.2. The maximum Gasteiger partial charge on any atom is 1.00 e. The van der Waals surface area contributed by atoms with E-state index in [4.69, 9.17) is 0 Å². The highest BCUT2D eigenvalue weighted by Gasteiger charge is 2.28. The number of hydrogen-bond donors (Lipinski definition) is 1. The van der Waals surface area contributed by atoms with Gasteiger partial charge >= 0.3 is 7.40 Å². The van der Waals surface area contributed by atoms with Gasteiger partial charge < -0.3 is 31.9 Å². The molecule has 3 heterocycles. The Morgan fingerprint density at radius 3 is 2.62 bits per heavy atom. The van der Waals surface area contributed by atoms with Gasteiger partial charge in [-0.3, -0.25) is 4.79 Å². The summed E-state index contributed by atoms with van der Waals surface area (Å²) in [4.78, 5) is 28.8. The second kappa shape index (κ2) is 7.09. The van der Waals surface area contributed by atoms with Crippen molar-refractivity contribution in [1.29, 1.82) is 0 Å². The zero-order valence-corrected chi connectivity index (χ0v) is 15.7. The van der Waals surface area contributed by atoms with Crippen molar-refractivity contribution in [3.63, 3.8) is 0 Å². The number of thioether (sulfide) groups is 1. The Morgan fingerprint density at radius 2 is 1.96 bits per heavy atom. The molecule has 1 saturated heterocycles. The number of hydrogen-bond acceptors (Lipinski definition) is 5. The number of aryl methyl sites for hydroxylation is 1. The Kier molecular flexibility index (Phi) is 5.18. The highest BCUT2D eigenvalue weighted by Crippen LogP contribution is 2.41. The Balaban J connectivity index is 0.00000131. The molecule has 6 nitrogen and oxygen atoms in total. The fourth-order valence-corrected chi connectivity index (χ4v) is 4.74. The molecule has 2 aliphatic rings. The highest BCUT2D eigenvalue weighted by atomic mass is 35.5. The molecule has 0 spiro atoms. The Bertz CT molecular complexity index is 947. The average molecular weight is 400 g/mol. The van der Waals surface area contributed by atoms with Crippen molar-refractivity contribution >= 4 is 34.3 Å². The number of benzene rings is 1. The van der Waals surface area contributed by atoms with Crippen LogP contribution in [-0.2, 0) is 6.54 Å². The molecular formula is C17H19ClFN3O3S. The topological polar surface area (TPSA) is 65.8 Å². The molecule has 2 aromatic rings. The molecule has 1 aromatic heterocycles. The molecule has 140 valence electrons. The summed E-state index contributed by atoms with van der Waals surface area (Å²) in [5, 5.41) is 9.41. The number of carboxylic acids is 1. The summed E-state index contributed by atoms with van der Waals surface area (Å²) >= 11 is 1.54. The fraction of sp³-hybridized carbons (Fsp3) is 0.412. The van der Waals surface area contributed by atoms with Gasteiger partial charge in [0.25, 0.3) is 0 Å². The summed E-state index contributed by atoms with van der Waals surface area (Å²) < 4.78 is 16.7. The standard InChI is InChI=1S/C17H18FN3O3S.ClH/c1-19-2-4-20(5-3-19)14-12(18)8-10-13-16(14)25-7-6-21(13)9-11(15(10)22)17(23)24;/h8-9H,2-7H2,1H3,(H,23,24);1H. The molecule has 0 amide bonds. The zero-order chi connectivity index (χ0) is 17.7. The van der Waals surface area contributed by atoms with E-state index in [2.05, 4.69) is 4.90 Å². The molecule has 0 bridgehead atoms. The number of anilines is 1. The number of halogens is 2. The van der Waals surface area contributed by atoms with Crippen LogP contribution in [0.3, 0.4) is 0 Å². The van der Waals surface area contributed by atoms with Crippen LogP contribution >= 0.6 is 11.8 Å². The molecule has 0 radical (unpaired) electrons. The summed E-state index contributed by atoms with van der Waals surface area (Å²) in [6, 6.07) is 1.21. The predicted octanol–water partition coefficient (Wildman–Crippen LogP) is -1.19. The van der Waals surface area contributed by atoms with E-state index in [1.54, 1.807) is 4.57 Å². The van der Waals surface area contributed by atoms with E-state index >= 15 is 0 Å². The number of rotatable bonds is 2. The molecule has 26 heavy (non-hydrogen) atoms. The van der Waals surface area contributed by atoms with Gasteiger partial charge in [0.1, 0.15) is 11.4 Å². The third kappa shape index (κ3) is 2.95. The number of aromatic carboxylic acids is 1. The van der Waals surface area contributed by atoms with Crippen LogP contribution in [0.5, 0.6) is 0 Å². The first-order chi connectivity index (χ1) is 12.0. The van der Waals surface area contributed by atoms with E-state index in [9.17, 15) is 19.1 Å². The first-order valence-electron chi connectivity index (χ1n) is 8.16. The molecule has 9 heteroatoms. The van der Waals surface area contributed by atoms with Crippen molar-refractivity contribution < 1.29 is 28.1 Å². The van der Waals surface area contributed by atoms with E-state index in [1.165, 1.54) is 24.0 Å². The van der Waals surface area contributed by atoms with Crippen molar-refractivity contribution in [3.05, 3.63) is 33.9 Å². The lowest BCUT2D eigenvalue weighted by Crippen LogP contribution is -3.00. The number of likely N-dealkylation sites (N-methyl/N-ethyl adjacent to an activating group) is 1. The normalized spacial score (nSPS) is 17.2. The van der Waals surface area contributed by atoms with Gasteiger partial charge in [0.05, 0.1) is 21.5 Å². The van der Waals surface area contributed by atoms with Gasteiger partial charge in [-0.1, -0.05) is 0 Å². The molecule has 2 aliphatic heterocycles. The van der Waals surface area contributed by atoms with Crippen molar-refractivity contribution in [2.45, 2.75) is 11.4 Å². The molecular weight excluding hydrogens is 381 g/mol. The average Bonchev–Trinajstić information content (AvgIpc) is 2.58. The van der Waals surface area contributed by atoms with Crippen LogP contribution in [0.1, 0.15) is 11.8 Å². The Labute approximate surface area is 161 Å². The van der Waals surface area contributed by atoms with Crippen LogP contribution in [0.4, 0.5) is 10.1 Å². The number of pyridine rings is 1. The SMILES string of the molecule is CN1CCN(c2c(F)cc3c(=O)c(C(=O)O)cn4c3c2SCC4)CC1.[Cl-].[H+]. The van der Waals surface area contributed by atoms with Crippen molar-refractivity contribution in [2.75, 3.05) is 43.9 Å². The third-order valence-electron chi connectivity index (χ3n) is 4.87. The minimum atomic E-state index is -1.28. The lowest BCUT2D eigenvalue weighted by molar-refractivity contribution is -0.0000212. The van der Waals surface area contributed by atoms with Gasteiger partial charge in [-0.2, -0.15) is 0 Å². The molecule has 0 unspecified atom stereocenters. The van der Waals surface area contributed by atoms with E-state index in [-0.39, 0.29) is 24.8 Å². The second-order valence-corrected chi connectivity index (χ2v) is 7.55. The lowest BCUT2D eigenvalue weighted by atomic mass is 10.1. The van der Waals surface area contributed by atoms with E-state index in [0.717, 1.165) is 31.1 Å². The summed E-state index contributed by atoms with van der Waals surface area (Å²) in [5.74, 6) is -1.01. The first-order valence-corrected chi connectivity index (χ1v) is 9.15. The number of piperazine rings is 1. The Morgan fingerprint density at radius 1 is 1.27 bits per heavy atom. The Hall–Kier alpha value is -1.77. The monoisotopic (exact) mass is 399 g/mol. The molecule has 1 aromatic carbocycles. The maximum absolute atomic E-state index is 15.0. The van der Waals surface area contributed by atoms with Crippen LogP contribution < -0.4 is 22.7 Å². The van der Waals surface area contributed by atoms with Crippen LogP contribution in [0.15, 0.2) is 22.0 Å². The molecule has 1 N–H and O–H groups in total. The molecule has 0 saturated carbocycles. The molecule has 4 rings (SSSR count). The summed E-state index contributed by atoms with van der Waals surface area (Å²) in [7, 11) is 2.04. The molecule has 1 fully saturated rings. The van der Waals surface area contributed by atoms with Crippen LogP contribution in [0.25, 0.3) is 10.9 Å². The van der Waals surface area contributed by atoms with Crippen LogP contribution in [0, 0.1) is 5.82 Å². The summed E-state index contributed by atoms with van der Waals surface area (Å²) in [5.41, 5.74) is 0.270. The second-order valence-electron chi connectivity index (χ2n) is 6.44. The number of nitrogens with zero attached hydrogens (tertiary/aromatic N) is 3. The quantitative estimate of drug-likeness (QED) is 0.685. The van der Waals surface area contributed by atoms with Crippen LogP contribution in [-0.4, -0.2) is 59.5 Å². The van der Waals surface area contributed by atoms with Gasteiger partial charge in [-0.15, -0.1) is 11.8 Å². The van der Waals surface area contributed by atoms with Crippen molar-refractivity contribution in [3.8, 4) is 0 Å². The first kappa shape index (κ1) is 19.0. The predicted molar refractivity (Wildman–Crippen MR) is 96.7 cm³/mol. The van der Waals surface area contributed by atoms with Gasteiger partial charge in [-0.25, -0.2) is 9.18 Å². The van der Waals surface area contributed by atoms with Crippen LogP contribution in [0.2, 0.25) is 0 Å². The lowest BCUT2D eigenvalue weighted by Gasteiger charge is -2.36. The van der Waals surface area contributed by atoms with Gasteiger partial charge in [0.15, 0.2) is 0 Å². The maximum atomic E-state index is 15.0. The van der Waals surface area contributed by atoms with E-state index in [0.29, 0.717) is 23.5 Å². The number of carbonyl (C=O) groups is 1. The summed E-state index contributed by atoms with van der Waals surface area (Å²) in [6.45, 7) is 3.76. The number of aromatic nitrogens is 1. The van der Waals surface area contributed by atoms with Gasteiger partial charge in [-0.05, 0) is 13.1 Å². The molecule has 0 atom stereocenters.